The summed E-state index contributed by atoms with van der Waals surface area (Å²) in [5.41, 5.74) is 3.93. The van der Waals surface area contributed by atoms with Gasteiger partial charge in [-0.15, -0.1) is 0 Å². The summed E-state index contributed by atoms with van der Waals surface area (Å²) >= 11 is 0. The lowest BCUT2D eigenvalue weighted by Crippen LogP contribution is -1.95. The maximum absolute atomic E-state index is 10.9. The van der Waals surface area contributed by atoms with Gasteiger partial charge in [0.1, 0.15) is 12.4 Å². The van der Waals surface area contributed by atoms with E-state index in [2.05, 4.69) is 6.07 Å². The van der Waals surface area contributed by atoms with Crippen LogP contribution in [0.1, 0.15) is 22.3 Å². The average molecular weight is 370 g/mol. The predicted octanol–water partition coefficient (Wildman–Crippen LogP) is 5.55. The van der Waals surface area contributed by atoms with E-state index in [1.54, 1.807) is 18.2 Å². The van der Waals surface area contributed by atoms with Crippen LogP contribution in [0.15, 0.2) is 72.8 Å². The molecule has 0 N–H and O–H groups in total. The predicted molar refractivity (Wildman–Crippen MR) is 109 cm³/mol. The molecule has 0 saturated heterocycles. The smallest absolute Gasteiger partial charge is 0.270 e. The van der Waals surface area contributed by atoms with Gasteiger partial charge in [-0.2, -0.15) is 5.26 Å². The first kappa shape index (κ1) is 18.9. The van der Waals surface area contributed by atoms with Gasteiger partial charge in [0.2, 0.25) is 0 Å². The van der Waals surface area contributed by atoms with E-state index < -0.39 is 4.92 Å². The van der Waals surface area contributed by atoms with Crippen molar-refractivity contribution in [1.29, 1.82) is 5.26 Å². The van der Waals surface area contributed by atoms with E-state index in [0.29, 0.717) is 17.7 Å². The number of nitriles is 1. The third-order valence-electron chi connectivity index (χ3n) is 4.21. The summed E-state index contributed by atoms with van der Waals surface area (Å²) in [4.78, 5) is 10.5. The van der Waals surface area contributed by atoms with E-state index in [4.69, 9.17) is 4.74 Å². The average Bonchev–Trinajstić information content (AvgIpc) is 2.72. The largest absolute Gasteiger partial charge is 0.489 e. The van der Waals surface area contributed by atoms with Gasteiger partial charge in [0, 0.05) is 12.1 Å². The zero-order chi connectivity index (χ0) is 19.9. The lowest BCUT2D eigenvalue weighted by molar-refractivity contribution is -0.384. The van der Waals surface area contributed by atoms with E-state index in [0.717, 1.165) is 16.9 Å². The molecule has 28 heavy (non-hydrogen) atoms. The molecular formula is C23H18N2O3. The third-order valence-corrected chi connectivity index (χ3v) is 4.21. The van der Waals surface area contributed by atoms with Gasteiger partial charge in [0.25, 0.3) is 5.69 Å². The topological polar surface area (TPSA) is 76.2 Å². The Balaban J connectivity index is 1.73. The SMILES string of the molecule is Cc1ccc(COc2ccc(/C=C(/C#N)c3cccc([N+](=O)[O-])c3)cc2)cc1. The van der Waals surface area contributed by atoms with Gasteiger partial charge in [-0.25, -0.2) is 0 Å². The number of ether oxygens (including phenoxy) is 1. The van der Waals surface area contributed by atoms with Crippen LogP contribution in [0.5, 0.6) is 5.75 Å². The Morgan fingerprint density at radius 3 is 2.46 bits per heavy atom. The Morgan fingerprint density at radius 2 is 1.82 bits per heavy atom. The molecule has 0 aliphatic rings. The first-order valence-electron chi connectivity index (χ1n) is 8.70. The fraction of sp³-hybridized carbons (Fsp3) is 0.0870. The van der Waals surface area contributed by atoms with Gasteiger partial charge in [0.15, 0.2) is 0 Å². The number of nitrogens with zero attached hydrogens (tertiary/aromatic N) is 2. The van der Waals surface area contributed by atoms with Crippen molar-refractivity contribution in [3.8, 4) is 11.8 Å². The van der Waals surface area contributed by atoms with E-state index in [1.807, 2.05) is 55.5 Å². The van der Waals surface area contributed by atoms with Crippen molar-refractivity contribution in [2.45, 2.75) is 13.5 Å². The molecule has 0 bridgehead atoms. The summed E-state index contributed by atoms with van der Waals surface area (Å²) in [6.45, 7) is 2.52. The third kappa shape index (κ3) is 4.83. The summed E-state index contributed by atoms with van der Waals surface area (Å²) < 4.78 is 5.78. The maximum Gasteiger partial charge on any atom is 0.270 e. The van der Waals surface area contributed by atoms with Crippen LogP contribution in [-0.2, 0) is 6.61 Å². The number of aryl methyl sites for hydroxylation is 1. The zero-order valence-electron chi connectivity index (χ0n) is 15.3. The molecule has 0 aliphatic carbocycles. The van der Waals surface area contributed by atoms with E-state index in [9.17, 15) is 15.4 Å². The molecule has 138 valence electrons. The van der Waals surface area contributed by atoms with E-state index in [-0.39, 0.29) is 5.69 Å². The molecular weight excluding hydrogens is 352 g/mol. The normalized spacial score (nSPS) is 10.9. The number of nitro benzene ring substituents is 1. The van der Waals surface area contributed by atoms with Crippen LogP contribution >= 0.6 is 0 Å². The molecule has 3 aromatic carbocycles. The maximum atomic E-state index is 10.9. The Morgan fingerprint density at radius 1 is 1.11 bits per heavy atom. The molecule has 3 rings (SSSR count). The molecule has 0 fully saturated rings. The highest BCUT2D eigenvalue weighted by Crippen LogP contribution is 2.23. The summed E-state index contributed by atoms with van der Waals surface area (Å²) in [5, 5.41) is 20.4. The first-order chi connectivity index (χ1) is 13.5. The number of allylic oxidation sites excluding steroid dienone is 1. The van der Waals surface area contributed by atoms with Crippen molar-refractivity contribution in [1.82, 2.24) is 0 Å². The summed E-state index contributed by atoms with van der Waals surface area (Å²) in [7, 11) is 0. The number of hydrogen-bond acceptors (Lipinski definition) is 4. The Kier molecular flexibility index (Phi) is 5.83. The van der Waals surface area contributed by atoms with Gasteiger partial charge < -0.3 is 4.74 Å². The second-order valence-electron chi connectivity index (χ2n) is 6.32. The quantitative estimate of drug-likeness (QED) is 0.247. The molecule has 0 radical (unpaired) electrons. The molecule has 0 aromatic heterocycles. The lowest BCUT2D eigenvalue weighted by Gasteiger charge is -2.07. The summed E-state index contributed by atoms with van der Waals surface area (Å²) in [5.74, 6) is 0.728. The molecule has 0 atom stereocenters. The van der Waals surface area contributed by atoms with Gasteiger partial charge >= 0.3 is 0 Å². The van der Waals surface area contributed by atoms with Gasteiger partial charge in [-0.1, -0.05) is 54.1 Å². The van der Waals surface area contributed by atoms with Crippen LogP contribution in [0.25, 0.3) is 11.6 Å². The molecule has 5 nitrogen and oxygen atoms in total. The van der Waals surface area contributed by atoms with Crippen molar-refractivity contribution in [3.05, 3.63) is 105 Å². The monoisotopic (exact) mass is 370 g/mol. The van der Waals surface area contributed by atoms with Crippen LogP contribution in [0, 0.1) is 28.4 Å². The Labute approximate surface area is 163 Å². The highest BCUT2D eigenvalue weighted by atomic mass is 16.6. The fourth-order valence-electron chi connectivity index (χ4n) is 2.65. The molecule has 0 saturated carbocycles. The highest BCUT2D eigenvalue weighted by Gasteiger charge is 2.09. The molecule has 5 heteroatoms. The van der Waals surface area contributed by atoms with Crippen LogP contribution in [0.4, 0.5) is 5.69 Å². The van der Waals surface area contributed by atoms with Crippen LogP contribution in [0.3, 0.4) is 0 Å². The number of non-ortho nitro benzene ring substituents is 1. The second kappa shape index (κ2) is 8.65. The number of nitro groups is 1. The van der Waals surface area contributed by atoms with Crippen LogP contribution in [0.2, 0.25) is 0 Å². The molecule has 0 heterocycles. The standard InChI is InChI=1S/C23H18N2O3/c1-17-5-7-19(8-6-17)16-28-23-11-9-18(10-12-23)13-21(15-24)20-3-2-4-22(14-20)25(26)27/h2-14H,16H2,1H3/b21-13-. The minimum Gasteiger partial charge on any atom is -0.489 e. The van der Waals surface area contributed by atoms with Crippen LogP contribution in [-0.4, -0.2) is 4.92 Å². The molecule has 0 spiro atoms. The van der Waals surface area contributed by atoms with Gasteiger partial charge in [-0.3, -0.25) is 10.1 Å². The molecule has 0 aliphatic heterocycles. The van der Waals surface area contributed by atoms with Crippen LogP contribution < -0.4 is 4.74 Å². The first-order valence-corrected chi connectivity index (χ1v) is 8.70. The van der Waals surface area contributed by atoms with E-state index >= 15 is 0 Å². The Hall–Kier alpha value is -3.91. The summed E-state index contributed by atoms with van der Waals surface area (Å²) in [6.07, 6.45) is 1.70. The fourth-order valence-corrected chi connectivity index (χ4v) is 2.65. The zero-order valence-corrected chi connectivity index (χ0v) is 15.3. The van der Waals surface area contributed by atoms with Crippen molar-refractivity contribution in [3.63, 3.8) is 0 Å². The molecule has 0 amide bonds. The van der Waals surface area contributed by atoms with Crippen molar-refractivity contribution >= 4 is 17.3 Å². The van der Waals surface area contributed by atoms with Gasteiger partial charge in [0.05, 0.1) is 16.6 Å². The van der Waals surface area contributed by atoms with Gasteiger partial charge in [-0.05, 0) is 41.8 Å². The molecule has 0 unspecified atom stereocenters. The van der Waals surface area contributed by atoms with Crippen molar-refractivity contribution in [2.75, 3.05) is 0 Å². The minimum absolute atomic E-state index is 0.0431. The van der Waals surface area contributed by atoms with Crippen molar-refractivity contribution < 1.29 is 9.66 Å². The van der Waals surface area contributed by atoms with E-state index in [1.165, 1.54) is 17.7 Å². The molecule has 3 aromatic rings. The minimum atomic E-state index is -0.474. The second-order valence-corrected chi connectivity index (χ2v) is 6.32. The lowest BCUT2D eigenvalue weighted by atomic mass is 10.0. The highest BCUT2D eigenvalue weighted by molar-refractivity contribution is 5.90. The number of hydrogen-bond donors (Lipinski definition) is 0. The number of benzene rings is 3. The number of rotatable bonds is 6. The Bertz CT molecular complexity index is 1050. The summed E-state index contributed by atoms with van der Waals surface area (Å²) in [6, 6.07) is 23.7. The van der Waals surface area contributed by atoms with Crippen molar-refractivity contribution in [2.24, 2.45) is 0 Å².